The van der Waals surface area contributed by atoms with Crippen LogP contribution in [0.25, 0.3) is 0 Å². The van der Waals surface area contributed by atoms with Crippen LogP contribution in [0.4, 0.5) is 0 Å². The number of aromatic nitrogens is 2. The fourth-order valence-electron chi connectivity index (χ4n) is 3.33. The smallest absolute Gasteiger partial charge is 0.251 e. The Labute approximate surface area is 141 Å². The lowest BCUT2D eigenvalue weighted by molar-refractivity contribution is -0.145. The molecule has 2 aliphatic rings. The Morgan fingerprint density at radius 3 is 2.62 bits per heavy atom. The van der Waals surface area contributed by atoms with Gasteiger partial charge >= 0.3 is 0 Å². The van der Waals surface area contributed by atoms with E-state index in [1.165, 1.54) is 0 Å². The molecule has 0 aromatic carbocycles. The van der Waals surface area contributed by atoms with E-state index < -0.39 is 0 Å². The van der Waals surface area contributed by atoms with Crippen molar-refractivity contribution in [2.75, 3.05) is 26.7 Å². The van der Waals surface area contributed by atoms with Gasteiger partial charge in [0.05, 0.1) is 6.54 Å². The maximum absolute atomic E-state index is 12.6. The van der Waals surface area contributed by atoms with Gasteiger partial charge in [0.15, 0.2) is 5.82 Å². The predicted octanol–water partition coefficient (Wildman–Crippen LogP) is 0.754. The number of hydrogen-bond donors (Lipinski definition) is 0. The van der Waals surface area contributed by atoms with E-state index in [-0.39, 0.29) is 23.8 Å². The molecule has 1 aromatic rings. The normalized spacial score (nSPS) is 21.9. The van der Waals surface area contributed by atoms with Crippen LogP contribution in [0.3, 0.4) is 0 Å². The second-order valence-corrected chi connectivity index (χ2v) is 6.53. The van der Waals surface area contributed by atoms with E-state index in [4.69, 9.17) is 9.26 Å². The molecular weight excluding hydrogens is 312 g/mol. The molecule has 1 aromatic heterocycles. The Bertz CT molecular complexity index is 589. The monoisotopic (exact) mass is 336 g/mol. The minimum Gasteiger partial charge on any atom is -0.368 e. The first-order chi connectivity index (χ1) is 11.5. The number of carbonyl (C=O) groups is 2. The SMILES string of the molecule is Cc1nc(CN(C)C(=O)C2CCN(C(=O)[C@H]3CCCO3)CC2)no1. The van der Waals surface area contributed by atoms with E-state index >= 15 is 0 Å². The Hall–Kier alpha value is -1.96. The van der Waals surface area contributed by atoms with Crippen molar-refractivity contribution in [3.8, 4) is 0 Å². The lowest BCUT2D eigenvalue weighted by atomic mass is 9.95. The average Bonchev–Trinajstić information content (AvgIpc) is 3.25. The summed E-state index contributed by atoms with van der Waals surface area (Å²) < 4.78 is 10.4. The summed E-state index contributed by atoms with van der Waals surface area (Å²) in [7, 11) is 1.75. The van der Waals surface area contributed by atoms with Gasteiger partial charge in [0.2, 0.25) is 11.8 Å². The van der Waals surface area contributed by atoms with Crippen molar-refractivity contribution in [3.05, 3.63) is 11.7 Å². The summed E-state index contributed by atoms with van der Waals surface area (Å²) in [6, 6.07) is 0. The Balaban J connectivity index is 1.48. The largest absolute Gasteiger partial charge is 0.368 e. The van der Waals surface area contributed by atoms with Gasteiger partial charge in [0.1, 0.15) is 6.10 Å². The van der Waals surface area contributed by atoms with Gasteiger partial charge in [-0.05, 0) is 25.7 Å². The van der Waals surface area contributed by atoms with Crippen LogP contribution < -0.4 is 0 Å². The summed E-state index contributed by atoms with van der Waals surface area (Å²) in [6.45, 7) is 3.96. The molecule has 3 rings (SSSR count). The van der Waals surface area contributed by atoms with Crippen molar-refractivity contribution in [2.45, 2.75) is 45.3 Å². The van der Waals surface area contributed by atoms with Crippen molar-refractivity contribution in [1.82, 2.24) is 19.9 Å². The first-order valence-corrected chi connectivity index (χ1v) is 8.49. The van der Waals surface area contributed by atoms with Gasteiger partial charge in [0, 0.05) is 39.6 Å². The van der Waals surface area contributed by atoms with Crippen LogP contribution in [-0.4, -0.2) is 64.6 Å². The first-order valence-electron chi connectivity index (χ1n) is 8.49. The summed E-state index contributed by atoms with van der Waals surface area (Å²) in [5.41, 5.74) is 0. The molecule has 0 radical (unpaired) electrons. The molecule has 3 heterocycles. The second kappa shape index (κ2) is 7.29. The minimum absolute atomic E-state index is 0.0588. The minimum atomic E-state index is -0.276. The molecule has 2 saturated heterocycles. The molecular formula is C16H24N4O4. The van der Waals surface area contributed by atoms with Crippen LogP contribution in [0.15, 0.2) is 4.52 Å². The Morgan fingerprint density at radius 1 is 1.29 bits per heavy atom. The predicted molar refractivity (Wildman–Crippen MR) is 83.8 cm³/mol. The highest BCUT2D eigenvalue weighted by Crippen LogP contribution is 2.23. The van der Waals surface area contributed by atoms with Crippen molar-refractivity contribution < 1.29 is 18.8 Å². The third kappa shape index (κ3) is 3.75. The number of nitrogens with zero attached hydrogens (tertiary/aromatic N) is 4. The highest BCUT2D eigenvalue weighted by atomic mass is 16.5. The molecule has 24 heavy (non-hydrogen) atoms. The summed E-state index contributed by atoms with van der Waals surface area (Å²) in [5, 5.41) is 3.82. The Morgan fingerprint density at radius 2 is 2.04 bits per heavy atom. The van der Waals surface area contributed by atoms with Gasteiger partial charge < -0.3 is 19.1 Å². The first kappa shape index (κ1) is 16.9. The zero-order valence-electron chi connectivity index (χ0n) is 14.2. The molecule has 8 nitrogen and oxygen atoms in total. The van der Waals surface area contributed by atoms with Gasteiger partial charge in [-0.2, -0.15) is 4.98 Å². The van der Waals surface area contributed by atoms with E-state index in [0.717, 1.165) is 12.8 Å². The lowest BCUT2D eigenvalue weighted by Crippen LogP contribution is -2.46. The highest BCUT2D eigenvalue weighted by molar-refractivity contribution is 5.82. The molecule has 132 valence electrons. The number of amides is 2. The molecule has 0 N–H and O–H groups in total. The molecule has 2 aliphatic heterocycles. The van der Waals surface area contributed by atoms with Gasteiger partial charge in [-0.1, -0.05) is 5.16 Å². The molecule has 0 unspecified atom stereocenters. The third-order valence-corrected chi connectivity index (χ3v) is 4.69. The van der Waals surface area contributed by atoms with Gasteiger partial charge in [0.25, 0.3) is 5.91 Å². The van der Waals surface area contributed by atoms with E-state index in [2.05, 4.69) is 10.1 Å². The summed E-state index contributed by atoms with van der Waals surface area (Å²) in [6.07, 6.45) is 2.86. The van der Waals surface area contributed by atoms with Crippen LogP contribution in [0.1, 0.15) is 37.4 Å². The molecule has 2 fully saturated rings. The Kier molecular flexibility index (Phi) is 5.13. The topological polar surface area (TPSA) is 88.8 Å². The number of aryl methyl sites for hydroxylation is 1. The van der Waals surface area contributed by atoms with Crippen molar-refractivity contribution in [2.24, 2.45) is 5.92 Å². The molecule has 1 atom stereocenters. The fourth-order valence-corrected chi connectivity index (χ4v) is 3.33. The van der Waals surface area contributed by atoms with Crippen LogP contribution in [0.2, 0.25) is 0 Å². The average molecular weight is 336 g/mol. The van der Waals surface area contributed by atoms with Crippen molar-refractivity contribution in [3.63, 3.8) is 0 Å². The number of rotatable bonds is 4. The van der Waals surface area contributed by atoms with Crippen LogP contribution in [-0.2, 0) is 20.9 Å². The van der Waals surface area contributed by atoms with E-state index in [1.807, 2.05) is 4.90 Å². The third-order valence-electron chi connectivity index (χ3n) is 4.69. The summed E-state index contributed by atoms with van der Waals surface area (Å²) >= 11 is 0. The van der Waals surface area contributed by atoms with Crippen LogP contribution in [0.5, 0.6) is 0 Å². The van der Waals surface area contributed by atoms with Crippen LogP contribution in [0, 0.1) is 12.8 Å². The summed E-state index contributed by atoms with van der Waals surface area (Å²) in [4.78, 5) is 32.5. The van der Waals surface area contributed by atoms with E-state index in [0.29, 0.717) is 50.8 Å². The van der Waals surface area contributed by atoms with Crippen LogP contribution >= 0.6 is 0 Å². The fraction of sp³-hybridized carbons (Fsp3) is 0.750. The zero-order chi connectivity index (χ0) is 17.1. The maximum atomic E-state index is 12.6. The number of carbonyl (C=O) groups excluding carboxylic acids is 2. The number of ether oxygens (including phenoxy) is 1. The second-order valence-electron chi connectivity index (χ2n) is 6.53. The van der Waals surface area contributed by atoms with Gasteiger partial charge in [-0.3, -0.25) is 9.59 Å². The highest BCUT2D eigenvalue weighted by Gasteiger charge is 2.33. The quantitative estimate of drug-likeness (QED) is 0.806. The molecule has 2 amide bonds. The van der Waals surface area contributed by atoms with Gasteiger partial charge in [-0.15, -0.1) is 0 Å². The van der Waals surface area contributed by atoms with Crippen molar-refractivity contribution in [1.29, 1.82) is 0 Å². The molecule has 0 bridgehead atoms. The lowest BCUT2D eigenvalue weighted by Gasteiger charge is -2.34. The molecule has 0 aliphatic carbocycles. The molecule has 0 spiro atoms. The van der Waals surface area contributed by atoms with Gasteiger partial charge in [-0.25, -0.2) is 0 Å². The van der Waals surface area contributed by atoms with Crippen molar-refractivity contribution >= 4 is 11.8 Å². The van der Waals surface area contributed by atoms with E-state index in [9.17, 15) is 9.59 Å². The molecule has 0 saturated carbocycles. The standard InChI is InChI=1S/C16H24N4O4/c1-11-17-14(18-24-11)10-19(2)15(21)12-5-7-20(8-6-12)16(22)13-4-3-9-23-13/h12-13H,3-10H2,1-2H3/t13-/m1/s1. The number of hydrogen-bond acceptors (Lipinski definition) is 6. The summed E-state index contributed by atoms with van der Waals surface area (Å²) in [5.74, 6) is 1.09. The maximum Gasteiger partial charge on any atom is 0.251 e. The zero-order valence-corrected chi connectivity index (χ0v) is 14.2. The molecule has 8 heteroatoms. The van der Waals surface area contributed by atoms with E-state index in [1.54, 1.807) is 18.9 Å². The number of likely N-dealkylation sites (tertiary alicyclic amines) is 1. The number of piperidine rings is 1.